The summed E-state index contributed by atoms with van der Waals surface area (Å²) in [4.78, 5) is 41.4. The minimum Gasteiger partial charge on any atom is -0.467 e. The third kappa shape index (κ3) is 5.61. The van der Waals surface area contributed by atoms with Crippen LogP contribution in [-0.4, -0.2) is 89.3 Å². The Hall–Kier alpha value is -2.49. The molecule has 0 bridgehead atoms. The van der Waals surface area contributed by atoms with E-state index >= 15 is 0 Å². The lowest BCUT2D eigenvalue weighted by Gasteiger charge is -2.31. The second-order valence-electron chi connectivity index (χ2n) is 8.10. The van der Waals surface area contributed by atoms with Gasteiger partial charge in [-0.05, 0) is 44.3 Å². The van der Waals surface area contributed by atoms with Gasteiger partial charge in [0.1, 0.15) is 0 Å². The minimum absolute atomic E-state index is 0.0392. The number of carbonyl (C=O) groups is 3. The smallest absolute Gasteiger partial charge is 0.333 e. The molecule has 2 aliphatic rings. The van der Waals surface area contributed by atoms with Crippen LogP contribution >= 0.6 is 0 Å². The van der Waals surface area contributed by atoms with Crippen LogP contribution < -0.4 is 5.32 Å². The van der Waals surface area contributed by atoms with Gasteiger partial charge in [0, 0.05) is 19.1 Å². The first-order chi connectivity index (χ1) is 14.9. The van der Waals surface area contributed by atoms with Crippen molar-refractivity contribution >= 4 is 17.8 Å². The molecule has 1 aromatic carbocycles. The van der Waals surface area contributed by atoms with E-state index in [2.05, 4.69) is 10.2 Å². The fourth-order valence-corrected chi connectivity index (χ4v) is 4.30. The Kier molecular flexibility index (Phi) is 8.00. The van der Waals surface area contributed by atoms with Crippen molar-refractivity contribution in [2.45, 2.75) is 50.0 Å². The molecule has 2 aliphatic heterocycles. The quantitative estimate of drug-likeness (QED) is 0.487. The molecular formula is C22H31N3O6. The molecule has 0 spiro atoms. The number of nitrogens with one attached hydrogen (secondary N) is 1. The zero-order chi connectivity index (χ0) is 22.4. The van der Waals surface area contributed by atoms with E-state index in [1.54, 1.807) is 35.2 Å². The molecule has 0 unspecified atom stereocenters. The van der Waals surface area contributed by atoms with Crippen molar-refractivity contribution < 1.29 is 29.3 Å². The number of benzene rings is 1. The Bertz CT molecular complexity index is 768. The van der Waals surface area contributed by atoms with E-state index < -0.39 is 36.0 Å². The average molecular weight is 434 g/mol. The van der Waals surface area contributed by atoms with Crippen molar-refractivity contribution in [3.05, 3.63) is 35.9 Å². The third-order valence-corrected chi connectivity index (χ3v) is 6.00. The molecule has 31 heavy (non-hydrogen) atoms. The monoisotopic (exact) mass is 433 g/mol. The number of amides is 2. The number of esters is 1. The summed E-state index contributed by atoms with van der Waals surface area (Å²) in [6.45, 7) is 3.22. The Labute approximate surface area is 182 Å². The molecule has 1 aromatic rings. The van der Waals surface area contributed by atoms with Crippen molar-refractivity contribution in [3.63, 3.8) is 0 Å². The van der Waals surface area contributed by atoms with Crippen LogP contribution in [0.4, 0.5) is 0 Å². The van der Waals surface area contributed by atoms with Gasteiger partial charge in [-0.25, -0.2) is 4.79 Å². The largest absolute Gasteiger partial charge is 0.467 e. The van der Waals surface area contributed by atoms with Crippen molar-refractivity contribution in [2.24, 2.45) is 0 Å². The minimum atomic E-state index is -2.00. The van der Waals surface area contributed by atoms with Gasteiger partial charge in [-0.2, -0.15) is 0 Å². The van der Waals surface area contributed by atoms with Crippen LogP contribution in [0.15, 0.2) is 30.3 Å². The highest BCUT2D eigenvalue weighted by Gasteiger charge is 2.39. The van der Waals surface area contributed by atoms with Crippen molar-refractivity contribution in [2.75, 3.05) is 33.3 Å². The van der Waals surface area contributed by atoms with E-state index in [4.69, 9.17) is 4.74 Å². The fourth-order valence-electron chi connectivity index (χ4n) is 4.30. The van der Waals surface area contributed by atoms with Gasteiger partial charge in [0.05, 0.1) is 7.11 Å². The molecular weight excluding hydrogens is 402 g/mol. The van der Waals surface area contributed by atoms with Gasteiger partial charge in [-0.1, -0.05) is 30.3 Å². The number of nitrogens with zero attached hydrogens (tertiary/aromatic N) is 2. The average Bonchev–Trinajstić information content (AvgIpc) is 3.48. The van der Waals surface area contributed by atoms with E-state index in [0.29, 0.717) is 12.1 Å². The summed E-state index contributed by atoms with van der Waals surface area (Å²) in [5.41, 5.74) is 0.459. The summed E-state index contributed by atoms with van der Waals surface area (Å²) in [6.07, 6.45) is 0.0214. The van der Waals surface area contributed by atoms with E-state index in [1.165, 1.54) is 7.11 Å². The van der Waals surface area contributed by atoms with Crippen LogP contribution in [0.1, 0.15) is 37.3 Å². The maximum absolute atomic E-state index is 12.8. The molecule has 9 nitrogen and oxygen atoms in total. The van der Waals surface area contributed by atoms with E-state index in [1.807, 2.05) is 0 Å². The molecule has 0 radical (unpaired) electrons. The number of hydrogen-bond donors (Lipinski definition) is 3. The highest BCUT2D eigenvalue weighted by Crippen LogP contribution is 2.22. The summed E-state index contributed by atoms with van der Waals surface area (Å²) in [5, 5.41) is 23.2. The Morgan fingerprint density at radius 1 is 1.06 bits per heavy atom. The normalized spacial score (nSPS) is 22.0. The molecule has 9 heteroatoms. The second kappa shape index (κ2) is 10.7. The number of rotatable bonds is 8. The number of aliphatic hydroxyl groups excluding tert-OH is 2. The van der Waals surface area contributed by atoms with Gasteiger partial charge in [0.2, 0.25) is 0 Å². The predicted octanol–water partition coefficient (Wildman–Crippen LogP) is -0.174. The number of hydrogen-bond acceptors (Lipinski definition) is 7. The van der Waals surface area contributed by atoms with Crippen molar-refractivity contribution in [1.82, 2.24) is 15.1 Å². The molecule has 2 amide bonds. The molecule has 2 heterocycles. The van der Waals surface area contributed by atoms with Crippen LogP contribution in [0, 0.1) is 0 Å². The third-order valence-electron chi connectivity index (χ3n) is 6.00. The Morgan fingerprint density at radius 3 is 2.39 bits per heavy atom. The zero-order valence-electron chi connectivity index (χ0n) is 17.8. The first-order valence-corrected chi connectivity index (χ1v) is 10.7. The molecule has 3 rings (SSSR count). The molecule has 170 valence electrons. The molecule has 2 fully saturated rings. The lowest BCUT2D eigenvalue weighted by Crippen LogP contribution is -2.54. The Morgan fingerprint density at radius 2 is 1.74 bits per heavy atom. The lowest BCUT2D eigenvalue weighted by molar-refractivity contribution is -0.155. The number of methoxy groups -OCH3 is 1. The van der Waals surface area contributed by atoms with Gasteiger partial charge in [-0.15, -0.1) is 0 Å². The van der Waals surface area contributed by atoms with Gasteiger partial charge in [-0.3, -0.25) is 9.59 Å². The summed E-state index contributed by atoms with van der Waals surface area (Å²) in [5.74, 6) is -2.41. The SMILES string of the molecule is COC(=O)[C@H](NC(=O)[C@H](O)[C@@H](O)C(=O)N1CCC[C@H]1CN1CCCC1)c1ccccc1. The summed E-state index contributed by atoms with van der Waals surface area (Å²) in [6, 6.07) is 7.20. The topological polar surface area (TPSA) is 119 Å². The van der Waals surface area contributed by atoms with Crippen LogP contribution in [-0.2, 0) is 19.1 Å². The standard InChI is InChI=1S/C22H31N3O6/c1-31-22(30)17(15-8-3-2-4-9-15)23-20(28)18(26)19(27)21(29)25-13-7-10-16(25)14-24-11-5-6-12-24/h2-4,8-9,16-19,26-27H,5-7,10-14H2,1H3,(H,23,28)/t16-,17+,18+,19+/m0/s1. The van der Waals surface area contributed by atoms with Crippen LogP contribution in [0.5, 0.6) is 0 Å². The Balaban J connectivity index is 1.63. The maximum atomic E-state index is 12.8. The van der Waals surface area contributed by atoms with E-state index in [-0.39, 0.29) is 6.04 Å². The lowest BCUT2D eigenvalue weighted by atomic mass is 10.1. The van der Waals surface area contributed by atoms with Gasteiger partial charge in [0.25, 0.3) is 11.8 Å². The maximum Gasteiger partial charge on any atom is 0.333 e. The van der Waals surface area contributed by atoms with Crippen LogP contribution in [0.25, 0.3) is 0 Å². The van der Waals surface area contributed by atoms with Crippen LogP contribution in [0.2, 0.25) is 0 Å². The highest BCUT2D eigenvalue weighted by atomic mass is 16.5. The predicted molar refractivity (Wildman–Crippen MR) is 112 cm³/mol. The molecule has 0 aromatic heterocycles. The molecule has 3 N–H and O–H groups in total. The van der Waals surface area contributed by atoms with Crippen molar-refractivity contribution in [1.29, 1.82) is 0 Å². The zero-order valence-corrected chi connectivity index (χ0v) is 17.8. The molecule has 0 saturated carbocycles. The van der Waals surface area contributed by atoms with Crippen LogP contribution in [0.3, 0.4) is 0 Å². The molecule has 0 aliphatic carbocycles. The number of likely N-dealkylation sites (tertiary alicyclic amines) is 2. The fraction of sp³-hybridized carbons (Fsp3) is 0.591. The highest BCUT2D eigenvalue weighted by molar-refractivity contribution is 5.93. The second-order valence-corrected chi connectivity index (χ2v) is 8.10. The number of ether oxygens (including phenoxy) is 1. The first kappa shape index (κ1) is 23.2. The first-order valence-electron chi connectivity index (χ1n) is 10.7. The van der Waals surface area contributed by atoms with Crippen molar-refractivity contribution in [3.8, 4) is 0 Å². The summed E-state index contributed by atoms with van der Waals surface area (Å²) < 4.78 is 4.74. The van der Waals surface area contributed by atoms with Gasteiger partial charge < -0.3 is 30.1 Å². The summed E-state index contributed by atoms with van der Waals surface area (Å²) >= 11 is 0. The van der Waals surface area contributed by atoms with E-state index in [9.17, 15) is 24.6 Å². The van der Waals surface area contributed by atoms with Gasteiger partial charge >= 0.3 is 5.97 Å². The molecule has 2 saturated heterocycles. The van der Waals surface area contributed by atoms with Gasteiger partial charge in [0.15, 0.2) is 18.2 Å². The molecule has 4 atom stereocenters. The number of carbonyl (C=O) groups excluding carboxylic acids is 3. The number of aliphatic hydroxyl groups is 2. The van der Waals surface area contributed by atoms with E-state index in [0.717, 1.165) is 45.3 Å². The summed E-state index contributed by atoms with van der Waals surface area (Å²) in [7, 11) is 1.19.